The predicted octanol–water partition coefficient (Wildman–Crippen LogP) is 3.18. The van der Waals surface area contributed by atoms with E-state index < -0.39 is 15.9 Å². The molecule has 0 atom stereocenters. The zero-order chi connectivity index (χ0) is 23.7. The van der Waals surface area contributed by atoms with Crippen LogP contribution in [0.1, 0.15) is 12.5 Å². The van der Waals surface area contributed by atoms with E-state index in [1.807, 2.05) is 30.3 Å². The third kappa shape index (κ3) is 7.74. The molecule has 0 aromatic heterocycles. The van der Waals surface area contributed by atoms with Crippen LogP contribution >= 0.6 is 0 Å². The van der Waals surface area contributed by atoms with Gasteiger partial charge in [-0.1, -0.05) is 36.4 Å². The number of anilines is 2. The summed E-state index contributed by atoms with van der Waals surface area (Å²) in [4.78, 5) is 23.4. The Labute approximate surface area is 193 Å². The number of carbonyl (C=O) groups is 2. The van der Waals surface area contributed by atoms with Crippen LogP contribution in [0.2, 0.25) is 0 Å². The molecule has 0 bridgehead atoms. The van der Waals surface area contributed by atoms with Gasteiger partial charge in [-0.05, 0) is 54.4 Å². The normalized spacial score (nSPS) is 10.9. The molecule has 0 fully saturated rings. The molecule has 0 aliphatic heterocycles. The molecule has 0 spiro atoms. The van der Waals surface area contributed by atoms with Crippen LogP contribution in [0.3, 0.4) is 0 Å². The minimum Gasteiger partial charge on any atom is -0.484 e. The van der Waals surface area contributed by atoms with E-state index in [0.29, 0.717) is 23.5 Å². The summed E-state index contributed by atoms with van der Waals surface area (Å²) >= 11 is 0. The van der Waals surface area contributed by atoms with E-state index in [1.165, 1.54) is 31.2 Å². The first-order chi connectivity index (χ1) is 15.8. The maximum atomic E-state index is 12.5. The quantitative estimate of drug-likeness (QED) is 0.424. The minimum absolute atomic E-state index is 0.113. The van der Waals surface area contributed by atoms with Gasteiger partial charge in [0.2, 0.25) is 15.9 Å². The topological polar surface area (TPSA) is 114 Å². The molecule has 3 N–H and O–H groups in total. The van der Waals surface area contributed by atoms with Crippen LogP contribution in [0.5, 0.6) is 5.75 Å². The third-order valence-corrected chi connectivity index (χ3v) is 6.00. The van der Waals surface area contributed by atoms with Crippen molar-refractivity contribution in [2.75, 3.05) is 23.8 Å². The summed E-state index contributed by atoms with van der Waals surface area (Å²) in [5.41, 5.74) is 2.12. The van der Waals surface area contributed by atoms with Crippen molar-refractivity contribution in [3.8, 4) is 5.75 Å². The van der Waals surface area contributed by atoms with Crippen molar-refractivity contribution in [1.29, 1.82) is 0 Å². The molecule has 0 saturated carbocycles. The minimum atomic E-state index is -3.65. The SMILES string of the molecule is CC(=O)Nc1cccc(NC(=O)COc2ccc(S(=O)(=O)NCCc3ccccc3)cc2)c1. The number of benzene rings is 3. The lowest BCUT2D eigenvalue weighted by atomic mass is 10.2. The molecule has 0 aliphatic rings. The number of hydrogen-bond acceptors (Lipinski definition) is 5. The Balaban J connectivity index is 1.48. The number of carbonyl (C=O) groups excluding carboxylic acids is 2. The molecule has 0 radical (unpaired) electrons. The Morgan fingerprint density at radius 1 is 0.848 bits per heavy atom. The lowest BCUT2D eigenvalue weighted by Crippen LogP contribution is -2.26. The Kier molecular flexibility index (Phi) is 8.17. The molecule has 33 heavy (non-hydrogen) atoms. The van der Waals surface area contributed by atoms with Crippen molar-refractivity contribution in [3.63, 3.8) is 0 Å². The molecule has 0 saturated heterocycles. The van der Waals surface area contributed by atoms with Gasteiger partial charge in [0, 0.05) is 24.8 Å². The first-order valence-corrected chi connectivity index (χ1v) is 11.7. The second-order valence-corrected chi connectivity index (χ2v) is 8.97. The Morgan fingerprint density at radius 2 is 1.52 bits per heavy atom. The van der Waals surface area contributed by atoms with Gasteiger partial charge in [-0.15, -0.1) is 0 Å². The maximum Gasteiger partial charge on any atom is 0.262 e. The molecule has 0 aliphatic carbocycles. The third-order valence-electron chi connectivity index (χ3n) is 4.52. The molecule has 3 aromatic rings. The van der Waals surface area contributed by atoms with Crippen LogP contribution in [0.15, 0.2) is 83.8 Å². The second kappa shape index (κ2) is 11.3. The standard InChI is InChI=1S/C24H25N3O5S/c1-18(28)26-20-8-5-9-21(16-20)27-24(29)17-32-22-10-12-23(13-11-22)33(30,31)25-15-14-19-6-3-2-4-7-19/h2-13,16,25H,14-15,17H2,1H3,(H,26,28)(H,27,29). The molecule has 0 heterocycles. The highest BCUT2D eigenvalue weighted by molar-refractivity contribution is 7.89. The zero-order valence-corrected chi connectivity index (χ0v) is 18.9. The van der Waals surface area contributed by atoms with Gasteiger partial charge in [0.05, 0.1) is 4.90 Å². The average molecular weight is 468 g/mol. The van der Waals surface area contributed by atoms with Crippen LogP contribution in [-0.4, -0.2) is 33.4 Å². The highest BCUT2D eigenvalue weighted by Crippen LogP contribution is 2.17. The Hall–Kier alpha value is -3.69. The first-order valence-electron chi connectivity index (χ1n) is 10.3. The van der Waals surface area contributed by atoms with Gasteiger partial charge in [0.15, 0.2) is 6.61 Å². The highest BCUT2D eigenvalue weighted by Gasteiger charge is 2.14. The molecule has 8 nitrogen and oxygen atoms in total. The molecular weight excluding hydrogens is 442 g/mol. The van der Waals surface area contributed by atoms with Crippen LogP contribution in [-0.2, 0) is 26.0 Å². The lowest BCUT2D eigenvalue weighted by molar-refractivity contribution is -0.118. The van der Waals surface area contributed by atoms with E-state index in [-0.39, 0.29) is 24.0 Å². The number of rotatable bonds is 10. The van der Waals surface area contributed by atoms with Crippen LogP contribution in [0.25, 0.3) is 0 Å². The van der Waals surface area contributed by atoms with E-state index >= 15 is 0 Å². The van der Waals surface area contributed by atoms with Gasteiger partial charge >= 0.3 is 0 Å². The van der Waals surface area contributed by atoms with Gasteiger partial charge < -0.3 is 15.4 Å². The average Bonchev–Trinajstić information content (AvgIpc) is 2.78. The van der Waals surface area contributed by atoms with E-state index in [1.54, 1.807) is 24.3 Å². The second-order valence-electron chi connectivity index (χ2n) is 7.20. The fraction of sp³-hybridized carbons (Fsp3) is 0.167. The van der Waals surface area contributed by atoms with Gasteiger partial charge in [-0.2, -0.15) is 0 Å². The smallest absolute Gasteiger partial charge is 0.262 e. The van der Waals surface area contributed by atoms with Gasteiger partial charge in [-0.25, -0.2) is 13.1 Å². The summed E-state index contributed by atoms with van der Waals surface area (Å²) in [6, 6.07) is 22.2. The van der Waals surface area contributed by atoms with E-state index in [0.717, 1.165) is 5.56 Å². The van der Waals surface area contributed by atoms with Crippen molar-refractivity contribution in [3.05, 3.63) is 84.4 Å². The van der Waals surface area contributed by atoms with Gasteiger partial charge in [-0.3, -0.25) is 9.59 Å². The zero-order valence-electron chi connectivity index (χ0n) is 18.1. The molecule has 3 rings (SSSR count). The Morgan fingerprint density at radius 3 is 2.18 bits per heavy atom. The van der Waals surface area contributed by atoms with Crippen LogP contribution in [0.4, 0.5) is 11.4 Å². The highest BCUT2D eigenvalue weighted by atomic mass is 32.2. The molecule has 0 unspecified atom stereocenters. The summed E-state index contributed by atoms with van der Waals surface area (Å²) in [6.07, 6.45) is 0.587. The summed E-state index contributed by atoms with van der Waals surface area (Å²) in [5.74, 6) is -0.242. The Bertz CT molecular complexity index is 1200. The lowest BCUT2D eigenvalue weighted by Gasteiger charge is -2.10. The summed E-state index contributed by atoms with van der Waals surface area (Å²) in [6.45, 7) is 1.43. The van der Waals surface area contributed by atoms with Gasteiger partial charge in [0.25, 0.3) is 5.91 Å². The summed E-state index contributed by atoms with van der Waals surface area (Å²) in [7, 11) is -3.65. The fourth-order valence-electron chi connectivity index (χ4n) is 3.00. The summed E-state index contributed by atoms with van der Waals surface area (Å²) < 4.78 is 32.9. The number of nitrogens with one attached hydrogen (secondary N) is 3. The van der Waals surface area contributed by atoms with Crippen molar-refractivity contribution >= 4 is 33.2 Å². The monoisotopic (exact) mass is 467 g/mol. The van der Waals surface area contributed by atoms with E-state index in [9.17, 15) is 18.0 Å². The molecule has 2 amide bonds. The van der Waals surface area contributed by atoms with Crippen LogP contribution < -0.4 is 20.1 Å². The molecule has 172 valence electrons. The predicted molar refractivity (Wildman–Crippen MR) is 127 cm³/mol. The fourth-order valence-corrected chi connectivity index (χ4v) is 4.03. The number of amides is 2. The first kappa shape index (κ1) is 24.0. The maximum absolute atomic E-state index is 12.5. The van der Waals surface area contributed by atoms with Crippen molar-refractivity contribution < 1.29 is 22.7 Å². The number of hydrogen-bond donors (Lipinski definition) is 3. The van der Waals surface area contributed by atoms with Crippen molar-refractivity contribution in [2.24, 2.45) is 0 Å². The van der Waals surface area contributed by atoms with Gasteiger partial charge in [0.1, 0.15) is 5.75 Å². The molecule has 3 aromatic carbocycles. The summed E-state index contributed by atoms with van der Waals surface area (Å²) in [5, 5.41) is 5.32. The van der Waals surface area contributed by atoms with E-state index in [2.05, 4.69) is 15.4 Å². The van der Waals surface area contributed by atoms with Crippen molar-refractivity contribution in [1.82, 2.24) is 4.72 Å². The van der Waals surface area contributed by atoms with Crippen molar-refractivity contribution in [2.45, 2.75) is 18.2 Å². The number of ether oxygens (including phenoxy) is 1. The number of sulfonamides is 1. The van der Waals surface area contributed by atoms with Crippen LogP contribution in [0, 0.1) is 0 Å². The molecular formula is C24H25N3O5S. The van der Waals surface area contributed by atoms with E-state index in [4.69, 9.17) is 4.74 Å². The largest absolute Gasteiger partial charge is 0.484 e. The molecule has 9 heteroatoms.